The zero-order valence-electron chi connectivity index (χ0n) is 11.0. The van der Waals surface area contributed by atoms with Gasteiger partial charge in [0.1, 0.15) is 5.76 Å². The molecule has 92 valence electrons. The quantitative estimate of drug-likeness (QED) is 0.738. The van der Waals surface area contributed by atoms with E-state index in [0.29, 0.717) is 0 Å². The molecule has 1 fully saturated rings. The molecule has 2 atom stereocenters. The van der Waals surface area contributed by atoms with Crippen molar-refractivity contribution < 1.29 is 4.74 Å². The summed E-state index contributed by atoms with van der Waals surface area (Å²) < 4.78 is 5.46. The Morgan fingerprint density at radius 2 is 2.24 bits per heavy atom. The third-order valence-corrected chi connectivity index (χ3v) is 4.31. The topological polar surface area (TPSA) is 15.7 Å². The van der Waals surface area contributed by atoms with Crippen LogP contribution in [0.15, 0.2) is 35.9 Å². The minimum Gasteiger partial charge on any atom is -0.497 e. The number of hydrogen-bond acceptors (Lipinski definition) is 3. The molecule has 1 saturated carbocycles. The second-order valence-electron chi connectivity index (χ2n) is 5.75. The van der Waals surface area contributed by atoms with Gasteiger partial charge in [-0.2, -0.15) is 0 Å². The van der Waals surface area contributed by atoms with Gasteiger partial charge in [-0.3, -0.25) is 0 Å². The summed E-state index contributed by atoms with van der Waals surface area (Å²) in [6, 6.07) is 0. The molecule has 0 N–H and O–H groups in total. The molecule has 1 aliphatic heterocycles. The maximum atomic E-state index is 5.46. The van der Waals surface area contributed by atoms with Crippen LogP contribution >= 0.6 is 0 Å². The lowest BCUT2D eigenvalue weighted by atomic mass is 9.86. The highest BCUT2D eigenvalue weighted by molar-refractivity contribution is 5.52. The Morgan fingerprint density at radius 3 is 2.88 bits per heavy atom. The summed E-state index contributed by atoms with van der Waals surface area (Å²) >= 11 is 0. The van der Waals surface area contributed by atoms with Crippen LogP contribution in [-0.2, 0) is 4.74 Å². The van der Waals surface area contributed by atoms with Crippen molar-refractivity contribution in [3.8, 4) is 0 Å². The molecule has 0 saturated heterocycles. The molecule has 3 rings (SSSR count). The number of nitrogens with zero attached hydrogens (tertiary/aromatic N) is 2. The second-order valence-corrected chi connectivity index (χ2v) is 5.75. The van der Waals surface area contributed by atoms with E-state index in [-0.39, 0.29) is 10.8 Å². The van der Waals surface area contributed by atoms with Crippen LogP contribution in [-0.4, -0.2) is 44.6 Å². The standard InChI is InChI=1S/C14H20N2O/c1-15(2)10-13-8-11(17-4)7-12-14(13,9-13)5-6-16(12)3/h5-8H,9-10H2,1-4H3. The van der Waals surface area contributed by atoms with Gasteiger partial charge in [0, 0.05) is 42.4 Å². The minimum absolute atomic E-state index is 0.243. The Hall–Kier alpha value is -1.22. The van der Waals surface area contributed by atoms with Crippen LogP contribution in [0.3, 0.4) is 0 Å². The van der Waals surface area contributed by atoms with Crippen molar-refractivity contribution in [2.45, 2.75) is 6.42 Å². The Morgan fingerprint density at radius 1 is 1.47 bits per heavy atom. The molecule has 0 aromatic rings. The molecule has 2 unspecified atom stereocenters. The number of rotatable bonds is 3. The monoisotopic (exact) mass is 232 g/mol. The molecule has 3 aliphatic rings. The minimum atomic E-state index is 0.243. The second kappa shape index (κ2) is 3.16. The Kier molecular flexibility index (Phi) is 2.03. The molecule has 0 amide bonds. The van der Waals surface area contributed by atoms with E-state index in [1.165, 1.54) is 12.1 Å². The fourth-order valence-corrected chi connectivity index (χ4v) is 3.53. The van der Waals surface area contributed by atoms with Gasteiger partial charge < -0.3 is 14.5 Å². The van der Waals surface area contributed by atoms with E-state index < -0.39 is 0 Å². The highest BCUT2D eigenvalue weighted by atomic mass is 16.5. The Bertz CT molecular complexity index is 449. The van der Waals surface area contributed by atoms with Crippen LogP contribution in [0.5, 0.6) is 0 Å². The summed E-state index contributed by atoms with van der Waals surface area (Å²) in [4.78, 5) is 4.50. The summed E-state index contributed by atoms with van der Waals surface area (Å²) in [5.41, 5.74) is 1.88. The van der Waals surface area contributed by atoms with E-state index in [9.17, 15) is 0 Å². The van der Waals surface area contributed by atoms with Crippen LogP contribution < -0.4 is 0 Å². The largest absolute Gasteiger partial charge is 0.497 e. The first-order chi connectivity index (χ1) is 8.03. The fourth-order valence-electron chi connectivity index (χ4n) is 3.53. The van der Waals surface area contributed by atoms with Crippen molar-refractivity contribution in [3.05, 3.63) is 35.9 Å². The summed E-state index contributed by atoms with van der Waals surface area (Å²) in [7, 11) is 8.15. The van der Waals surface area contributed by atoms with Gasteiger partial charge >= 0.3 is 0 Å². The average Bonchev–Trinajstić information content (AvgIpc) is 2.80. The first kappa shape index (κ1) is 10.9. The number of ether oxygens (including phenoxy) is 1. The average molecular weight is 232 g/mol. The highest BCUT2D eigenvalue weighted by Gasteiger charge is 2.70. The lowest BCUT2D eigenvalue weighted by Gasteiger charge is -2.29. The van der Waals surface area contributed by atoms with Crippen molar-refractivity contribution in [2.75, 3.05) is 34.8 Å². The summed E-state index contributed by atoms with van der Waals surface area (Å²) in [6.07, 6.45) is 10.3. The van der Waals surface area contributed by atoms with Gasteiger partial charge in [-0.15, -0.1) is 0 Å². The third-order valence-electron chi connectivity index (χ3n) is 4.31. The van der Waals surface area contributed by atoms with E-state index in [4.69, 9.17) is 4.74 Å². The molecular formula is C14H20N2O. The fraction of sp³-hybridized carbons (Fsp3) is 0.571. The maximum Gasteiger partial charge on any atom is 0.117 e. The number of methoxy groups -OCH3 is 1. The van der Waals surface area contributed by atoms with Crippen LogP contribution in [0.4, 0.5) is 0 Å². The summed E-state index contributed by atoms with van der Waals surface area (Å²) in [5, 5.41) is 0. The number of hydrogen-bond donors (Lipinski definition) is 0. The SMILES string of the molecule is COC1=CC2(CN(C)C)CC23C=CN(C)C3=C1. The van der Waals surface area contributed by atoms with Crippen LogP contribution in [0.2, 0.25) is 0 Å². The molecule has 3 heteroatoms. The first-order valence-corrected chi connectivity index (χ1v) is 6.09. The van der Waals surface area contributed by atoms with Crippen LogP contribution in [0, 0.1) is 10.8 Å². The maximum absolute atomic E-state index is 5.46. The summed E-state index contributed by atoms with van der Waals surface area (Å²) in [6.45, 7) is 1.08. The van der Waals surface area contributed by atoms with Gasteiger partial charge in [-0.1, -0.05) is 6.08 Å². The van der Waals surface area contributed by atoms with Gasteiger partial charge in [0.15, 0.2) is 0 Å². The van der Waals surface area contributed by atoms with Gasteiger partial charge in [-0.05, 0) is 26.6 Å². The van der Waals surface area contributed by atoms with Crippen molar-refractivity contribution in [1.82, 2.24) is 9.80 Å². The van der Waals surface area contributed by atoms with Gasteiger partial charge in [-0.25, -0.2) is 0 Å². The van der Waals surface area contributed by atoms with E-state index in [0.717, 1.165) is 12.3 Å². The van der Waals surface area contributed by atoms with Crippen molar-refractivity contribution in [1.29, 1.82) is 0 Å². The zero-order chi connectivity index (χ0) is 12.3. The Labute approximate surface area is 103 Å². The molecule has 1 spiro atoms. The van der Waals surface area contributed by atoms with Gasteiger partial charge in [0.2, 0.25) is 0 Å². The zero-order valence-corrected chi connectivity index (χ0v) is 11.0. The van der Waals surface area contributed by atoms with Crippen LogP contribution in [0.1, 0.15) is 6.42 Å². The normalized spacial score (nSPS) is 37.6. The first-order valence-electron chi connectivity index (χ1n) is 6.09. The smallest absolute Gasteiger partial charge is 0.117 e. The molecule has 1 heterocycles. The van der Waals surface area contributed by atoms with Crippen molar-refractivity contribution >= 4 is 0 Å². The van der Waals surface area contributed by atoms with Gasteiger partial charge in [0.05, 0.1) is 7.11 Å². The third kappa shape index (κ3) is 1.26. The van der Waals surface area contributed by atoms with Gasteiger partial charge in [0.25, 0.3) is 0 Å². The molecule has 2 aliphatic carbocycles. The van der Waals surface area contributed by atoms with E-state index in [1.54, 1.807) is 7.11 Å². The van der Waals surface area contributed by atoms with E-state index in [1.807, 2.05) is 0 Å². The molecule has 0 aromatic heterocycles. The predicted octanol–water partition coefficient (Wildman–Crippen LogP) is 1.81. The van der Waals surface area contributed by atoms with Crippen molar-refractivity contribution in [2.24, 2.45) is 10.8 Å². The molecule has 17 heavy (non-hydrogen) atoms. The summed E-state index contributed by atoms with van der Waals surface area (Å²) in [5.74, 6) is 1.01. The van der Waals surface area contributed by atoms with Crippen LogP contribution in [0.25, 0.3) is 0 Å². The Balaban J connectivity index is 2.02. The number of allylic oxidation sites excluding steroid dienone is 2. The van der Waals surface area contributed by atoms with E-state index >= 15 is 0 Å². The molecule has 0 bridgehead atoms. The lowest BCUT2D eigenvalue weighted by Crippen LogP contribution is -2.29. The molecule has 3 nitrogen and oxygen atoms in total. The lowest BCUT2D eigenvalue weighted by molar-refractivity contribution is 0.270. The highest BCUT2D eigenvalue weighted by Crippen LogP contribution is 2.73. The van der Waals surface area contributed by atoms with E-state index in [2.05, 4.69) is 55.4 Å². The molecular weight excluding hydrogens is 212 g/mol. The predicted molar refractivity (Wildman–Crippen MR) is 68.1 cm³/mol. The van der Waals surface area contributed by atoms with Crippen molar-refractivity contribution in [3.63, 3.8) is 0 Å². The molecule has 0 radical (unpaired) electrons. The molecule has 0 aromatic carbocycles.